The fourth-order valence-electron chi connectivity index (χ4n) is 2.71. The lowest BCUT2D eigenvalue weighted by Gasteiger charge is -2.03. The molecule has 9 nitrogen and oxygen atoms in total. The van der Waals surface area contributed by atoms with Crippen LogP contribution in [0.3, 0.4) is 0 Å². The molecular formula is C18H16N6O3S2. The Hall–Kier alpha value is -3.18. The van der Waals surface area contributed by atoms with Crippen LogP contribution in [0, 0.1) is 0 Å². The van der Waals surface area contributed by atoms with Gasteiger partial charge in [-0.25, -0.2) is 9.50 Å². The molecule has 4 aromatic rings. The molecule has 0 bridgehead atoms. The first-order chi connectivity index (χ1) is 14.1. The van der Waals surface area contributed by atoms with Crippen LogP contribution in [0.5, 0.6) is 5.75 Å². The van der Waals surface area contributed by atoms with Crippen LogP contribution >= 0.6 is 23.1 Å². The molecule has 0 aliphatic rings. The zero-order valence-electron chi connectivity index (χ0n) is 15.5. The maximum atomic E-state index is 12.5. The number of thiazole rings is 1. The highest BCUT2D eigenvalue weighted by Gasteiger charge is 2.16. The van der Waals surface area contributed by atoms with E-state index in [1.54, 1.807) is 11.6 Å². The number of rotatable bonds is 6. The molecule has 0 fully saturated rings. The van der Waals surface area contributed by atoms with Gasteiger partial charge in [-0.1, -0.05) is 12.1 Å². The number of nitrogens with zero attached hydrogens (tertiary/aromatic N) is 4. The van der Waals surface area contributed by atoms with Gasteiger partial charge in [0.2, 0.25) is 4.96 Å². The molecule has 0 saturated heterocycles. The monoisotopic (exact) mass is 428 g/mol. The van der Waals surface area contributed by atoms with Gasteiger partial charge in [-0.05, 0) is 18.4 Å². The molecule has 0 aliphatic carbocycles. The number of amides is 1. The summed E-state index contributed by atoms with van der Waals surface area (Å²) in [7, 11) is 1.61. The average molecular weight is 428 g/mol. The highest BCUT2D eigenvalue weighted by atomic mass is 32.2. The summed E-state index contributed by atoms with van der Waals surface area (Å²) in [5, 5.41) is 8.92. The number of benzene rings is 1. The second-order valence-corrected chi connectivity index (χ2v) is 7.65. The molecule has 29 heavy (non-hydrogen) atoms. The number of fused-ring (bicyclic) bond motifs is 1. The summed E-state index contributed by atoms with van der Waals surface area (Å²) in [6.45, 7) is 0. The van der Waals surface area contributed by atoms with Gasteiger partial charge in [0.05, 0.1) is 18.6 Å². The first-order valence-electron chi connectivity index (χ1n) is 8.46. The van der Waals surface area contributed by atoms with Crippen molar-refractivity contribution in [2.75, 3.05) is 18.7 Å². The SMILES string of the molecule is COc1cccc(-c2csc3nc(NC(=O)c4cc(=O)[nH]c(CSC)n4)nn23)c1. The number of ether oxygens (including phenoxy) is 1. The Morgan fingerprint density at radius 3 is 3.00 bits per heavy atom. The first-order valence-corrected chi connectivity index (χ1v) is 10.7. The van der Waals surface area contributed by atoms with Crippen LogP contribution in [-0.2, 0) is 5.75 Å². The third kappa shape index (κ3) is 4.00. The van der Waals surface area contributed by atoms with Crippen molar-refractivity contribution in [2.45, 2.75) is 5.75 Å². The summed E-state index contributed by atoms with van der Waals surface area (Å²) in [6, 6.07) is 8.74. The van der Waals surface area contributed by atoms with E-state index in [-0.39, 0.29) is 17.2 Å². The van der Waals surface area contributed by atoms with Crippen LogP contribution < -0.4 is 15.6 Å². The van der Waals surface area contributed by atoms with Crippen LogP contribution in [0.2, 0.25) is 0 Å². The van der Waals surface area contributed by atoms with Crippen molar-refractivity contribution in [1.29, 1.82) is 0 Å². The van der Waals surface area contributed by atoms with Gasteiger partial charge in [0.1, 0.15) is 17.3 Å². The minimum absolute atomic E-state index is 0.0176. The molecule has 0 aliphatic heterocycles. The molecule has 0 unspecified atom stereocenters. The van der Waals surface area contributed by atoms with Gasteiger partial charge >= 0.3 is 0 Å². The van der Waals surface area contributed by atoms with Crippen molar-refractivity contribution >= 4 is 39.9 Å². The van der Waals surface area contributed by atoms with Crippen molar-refractivity contribution in [3.05, 3.63) is 57.6 Å². The van der Waals surface area contributed by atoms with Crippen LogP contribution in [0.15, 0.2) is 40.5 Å². The maximum Gasteiger partial charge on any atom is 0.276 e. The van der Waals surface area contributed by atoms with E-state index in [1.165, 1.54) is 23.1 Å². The summed E-state index contributed by atoms with van der Waals surface area (Å²) in [6.07, 6.45) is 1.88. The lowest BCUT2D eigenvalue weighted by atomic mass is 10.2. The quantitative estimate of drug-likeness (QED) is 0.485. The average Bonchev–Trinajstić information content (AvgIpc) is 3.28. The minimum Gasteiger partial charge on any atom is -0.497 e. The standard InChI is InChI=1S/C18H16N6O3S2/c1-27-11-5-3-4-10(6-11)13-8-29-18-22-17(23-24(13)18)21-16(26)12-7-15(25)20-14(19-12)9-28-2/h3-8H,9H2,1-2H3,(H,19,20,25)(H,21,23,26). The predicted molar refractivity (Wildman–Crippen MR) is 113 cm³/mol. The maximum absolute atomic E-state index is 12.5. The van der Waals surface area contributed by atoms with E-state index >= 15 is 0 Å². The highest BCUT2D eigenvalue weighted by Crippen LogP contribution is 2.28. The molecule has 148 valence electrons. The number of H-pyrrole nitrogens is 1. The molecule has 3 heterocycles. The van der Waals surface area contributed by atoms with E-state index in [4.69, 9.17) is 4.74 Å². The van der Waals surface area contributed by atoms with Gasteiger partial charge in [-0.3, -0.25) is 14.9 Å². The number of aromatic amines is 1. The van der Waals surface area contributed by atoms with Gasteiger partial charge in [-0.15, -0.1) is 16.4 Å². The Bertz CT molecular complexity index is 1250. The summed E-state index contributed by atoms with van der Waals surface area (Å²) in [5.74, 6) is 1.27. The van der Waals surface area contributed by atoms with E-state index in [0.29, 0.717) is 16.5 Å². The Kier molecular flexibility index (Phi) is 5.32. The number of nitrogens with one attached hydrogen (secondary N) is 2. The lowest BCUT2D eigenvalue weighted by Crippen LogP contribution is -2.20. The van der Waals surface area contributed by atoms with Gasteiger partial charge < -0.3 is 9.72 Å². The van der Waals surface area contributed by atoms with E-state index in [9.17, 15) is 9.59 Å². The summed E-state index contributed by atoms with van der Waals surface area (Å²) in [5.41, 5.74) is 1.38. The zero-order chi connectivity index (χ0) is 20.4. The first kappa shape index (κ1) is 19.2. The molecule has 0 spiro atoms. The predicted octanol–water partition coefficient (Wildman–Crippen LogP) is 2.67. The molecule has 1 aromatic carbocycles. The van der Waals surface area contributed by atoms with Crippen LogP contribution in [0.25, 0.3) is 16.2 Å². The van der Waals surface area contributed by atoms with E-state index in [2.05, 4.69) is 25.4 Å². The number of aromatic nitrogens is 5. The fourth-order valence-corrected chi connectivity index (χ4v) is 3.95. The Morgan fingerprint density at radius 2 is 2.21 bits per heavy atom. The van der Waals surface area contributed by atoms with E-state index < -0.39 is 5.91 Å². The van der Waals surface area contributed by atoms with Crippen molar-refractivity contribution in [2.24, 2.45) is 0 Å². The normalized spacial score (nSPS) is 11.0. The Balaban J connectivity index is 1.62. The molecule has 1 amide bonds. The Labute approximate surface area is 173 Å². The minimum atomic E-state index is -0.542. The topological polar surface area (TPSA) is 114 Å². The van der Waals surface area contributed by atoms with Crippen LogP contribution in [-0.4, -0.2) is 43.8 Å². The molecular weight excluding hydrogens is 412 g/mol. The third-order valence-corrected chi connectivity index (χ3v) is 5.36. The second-order valence-electron chi connectivity index (χ2n) is 5.95. The molecule has 0 saturated carbocycles. The summed E-state index contributed by atoms with van der Waals surface area (Å²) < 4.78 is 6.93. The zero-order valence-corrected chi connectivity index (χ0v) is 17.1. The number of hydrogen-bond acceptors (Lipinski definition) is 8. The van der Waals surface area contributed by atoms with Gasteiger partial charge in [0.15, 0.2) is 0 Å². The van der Waals surface area contributed by atoms with E-state index in [1.807, 2.05) is 35.9 Å². The van der Waals surface area contributed by atoms with Crippen LogP contribution in [0.4, 0.5) is 5.95 Å². The largest absolute Gasteiger partial charge is 0.497 e. The van der Waals surface area contributed by atoms with Gasteiger partial charge in [-0.2, -0.15) is 16.7 Å². The molecule has 11 heteroatoms. The number of carbonyl (C=O) groups is 1. The Morgan fingerprint density at radius 1 is 1.34 bits per heavy atom. The summed E-state index contributed by atoms with van der Waals surface area (Å²) >= 11 is 2.90. The van der Waals surface area contributed by atoms with Gasteiger partial charge in [0.25, 0.3) is 17.4 Å². The second kappa shape index (κ2) is 8.05. The fraction of sp³-hybridized carbons (Fsp3) is 0.167. The molecule has 2 N–H and O–H groups in total. The number of anilines is 1. The van der Waals surface area contributed by atoms with Crippen LogP contribution in [0.1, 0.15) is 16.3 Å². The van der Waals surface area contributed by atoms with Crippen molar-refractivity contribution in [1.82, 2.24) is 24.6 Å². The number of thioether (sulfide) groups is 1. The number of hydrogen-bond donors (Lipinski definition) is 2. The number of carbonyl (C=O) groups excluding carboxylic acids is 1. The number of methoxy groups -OCH3 is 1. The molecule has 3 aromatic heterocycles. The van der Waals surface area contributed by atoms with E-state index in [0.717, 1.165) is 23.1 Å². The highest BCUT2D eigenvalue weighted by molar-refractivity contribution is 7.97. The third-order valence-electron chi connectivity index (χ3n) is 3.98. The van der Waals surface area contributed by atoms with Crippen molar-refractivity contribution in [3.63, 3.8) is 0 Å². The lowest BCUT2D eigenvalue weighted by molar-refractivity contribution is 0.102. The smallest absolute Gasteiger partial charge is 0.276 e. The molecule has 0 radical (unpaired) electrons. The molecule has 4 rings (SSSR count). The van der Waals surface area contributed by atoms with Gasteiger partial charge in [0, 0.05) is 17.0 Å². The van der Waals surface area contributed by atoms with Crippen molar-refractivity contribution in [3.8, 4) is 17.0 Å². The summed E-state index contributed by atoms with van der Waals surface area (Å²) in [4.78, 5) is 36.0. The molecule has 0 atom stereocenters. The van der Waals surface area contributed by atoms with Crippen molar-refractivity contribution < 1.29 is 9.53 Å².